The molecule has 1 N–H and O–H groups in total. The average molecular weight is 416 g/mol. The summed E-state index contributed by atoms with van der Waals surface area (Å²) in [6, 6.07) is 4.23. The number of nitrogens with zero attached hydrogens (tertiary/aromatic N) is 2. The Morgan fingerprint density at radius 1 is 1.11 bits per heavy atom. The van der Waals surface area contributed by atoms with E-state index in [2.05, 4.69) is 24.3 Å². The number of amides is 1. The van der Waals surface area contributed by atoms with Crippen LogP contribution in [0.1, 0.15) is 48.9 Å². The molecule has 27 heavy (non-hydrogen) atoms. The third-order valence-corrected chi connectivity index (χ3v) is 7.66. The lowest BCUT2D eigenvalue weighted by Gasteiger charge is -2.39. The van der Waals surface area contributed by atoms with Crippen molar-refractivity contribution in [3.63, 3.8) is 0 Å². The summed E-state index contributed by atoms with van der Waals surface area (Å²) in [5.74, 6) is -0.346. The van der Waals surface area contributed by atoms with Crippen molar-refractivity contribution < 1.29 is 13.2 Å². The van der Waals surface area contributed by atoms with Gasteiger partial charge in [-0.05, 0) is 45.1 Å². The Morgan fingerprint density at radius 3 is 2.22 bits per heavy atom. The molecule has 0 spiro atoms. The van der Waals surface area contributed by atoms with E-state index in [0.29, 0.717) is 6.54 Å². The van der Waals surface area contributed by atoms with Crippen molar-refractivity contribution >= 4 is 27.5 Å². The highest BCUT2D eigenvalue weighted by atomic mass is 35.5. The molecule has 0 bridgehead atoms. The van der Waals surface area contributed by atoms with E-state index in [0.717, 1.165) is 30.0 Å². The van der Waals surface area contributed by atoms with Crippen molar-refractivity contribution in [1.29, 1.82) is 0 Å². The van der Waals surface area contributed by atoms with E-state index >= 15 is 0 Å². The number of nitrogens with one attached hydrogen (secondary N) is 1. The van der Waals surface area contributed by atoms with Crippen LogP contribution in [-0.2, 0) is 10.0 Å². The molecule has 0 aliphatic heterocycles. The highest BCUT2D eigenvalue weighted by Crippen LogP contribution is 2.31. The van der Waals surface area contributed by atoms with Gasteiger partial charge in [-0.15, -0.1) is 0 Å². The fraction of sp³-hybridized carbons (Fsp3) is 0.632. The van der Waals surface area contributed by atoms with Gasteiger partial charge in [0.25, 0.3) is 5.91 Å². The number of carbonyl (C=O) groups is 1. The fourth-order valence-corrected chi connectivity index (χ4v) is 4.69. The molecule has 0 unspecified atom stereocenters. The molecule has 0 heterocycles. The van der Waals surface area contributed by atoms with E-state index in [4.69, 9.17) is 11.6 Å². The zero-order valence-electron chi connectivity index (χ0n) is 16.6. The first-order valence-electron chi connectivity index (χ1n) is 9.28. The van der Waals surface area contributed by atoms with Gasteiger partial charge < -0.3 is 10.2 Å². The number of hydrogen-bond donors (Lipinski definition) is 1. The van der Waals surface area contributed by atoms with Gasteiger partial charge in [0.1, 0.15) is 0 Å². The topological polar surface area (TPSA) is 69.7 Å². The Morgan fingerprint density at radius 2 is 1.70 bits per heavy atom. The second-order valence-corrected chi connectivity index (χ2v) is 10.2. The van der Waals surface area contributed by atoms with Gasteiger partial charge in [0.15, 0.2) is 0 Å². The molecule has 2 rings (SSSR count). The van der Waals surface area contributed by atoms with Gasteiger partial charge >= 0.3 is 0 Å². The lowest BCUT2D eigenvalue weighted by atomic mass is 9.88. The van der Waals surface area contributed by atoms with Crippen LogP contribution in [0.4, 0.5) is 0 Å². The molecule has 1 amide bonds. The van der Waals surface area contributed by atoms with Crippen LogP contribution in [0.2, 0.25) is 5.02 Å². The zero-order valence-corrected chi connectivity index (χ0v) is 18.2. The summed E-state index contributed by atoms with van der Waals surface area (Å²) in [5, 5.41) is 3.23. The van der Waals surface area contributed by atoms with Crippen LogP contribution in [0, 0.1) is 0 Å². The molecule has 152 valence electrons. The summed E-state index contributed by atoms with van der Waals surface area (Å²) in [6.45, 7) is 0.514. The number of benzene rings is 1. The maximum atomic E-state index is 12.8. The molecule has 1 aromatic carbocycles. The SMILES string of the molecule is CN(C)C1(CNC(=O)c2cc(S(=O)(=O)N(C)C)ccc2Cl)CCCCCC1. The lowest BCUT2D eigenvalue weighted by Crippen LogP contribution is -2.52. The minimum absolute atomic E-state index is 0.0545. The summed E-state index contributed by atoms with van der Waals surface area (Å²) in [6.07, 6.45) is 6.79. The van der Waals surface area contributed by atoms with Crippen molar-refractivity contribution in [2.24, 2.45) is 0 Å². The molecule has 1 fully saturated rings. The van der Waals surface area contributed by atoms with Crippen LogP contribution in [0.5, 0.6) is 0 Å². The number of rotatable bonds is 6. The first-order chi connectivity index (χ1) is 12.6. The van der Waals surface area contributed by atoms with E-state index in [9.17, 15) is 13.2 Å². The predicted molar refractivity (Wildman–Crippen MR) is 109 cm³/mol. The van der Waals surface area contributed by atoms with Crippen molar-refractivity contribution in [2.75, 3.05) is 34.7 Å². The van der Waals surface area contributed by atoms with Crippen LogP contribution in [0.3, 0.4) is 0 Å². The summed E-state index contributed by atoms with van der Waals surface area (Å²) < 4.78 is 25.8. The van der Waals surface area contributed by atoms with Crippen LogP contribution < -0.4 is 5.32 Å². The third-order valence-electron chi connectivity index (χ3n) is 5.52. The van der Waals surface area contributed by atoms with Gasteiger partial charge in [0.05, 0.1) is 15.5 Å². The monoisotopic (exact) mass is 415 g/mol. The van der Waals surface area contributed by atoms with Crippen molar-refractivity contribution in [3.05, 3.63) is 28.8 Å². The number of carbonyl (C=O) groups excluding carboxylic acids is 1. The Kier molecular flexibility index (Phi) is 7.30. The molecular formula is C19H30ClN3O3S. The standard InChI is InChI=1S/C19H30ClN3O3S/c1-22(2)19(11-7-5-6-8-12-19)14-21-18(24)16-13-15(9-10-17(16)20)27(25,26)23(3)4/h9-10,13H,5-8,11-12,14H2,1-4H3,(H,21,24). The smallest absolute Gasteiger partial charge is 0.252 e. The quantitative estimate of drug-likeness (QED) is 0.725. The fourth-order valence-electron chi connectivity index (χ4n) is 3.56. The van der Waals surface area contributed by atoms with E-state index in [1.165, 1.54) is 45.1 Å². The maximum Gasteiger partial charge on any atom is 0.252 e. The second kappa shape index (κ2) is 8.90. The largest absolute Gasteiger partial charge is 0.350 e. The number of sulfonamides is 1. The molecule has 0 aromatic heterocycles. The molecule has 0 atom stereocenters. The molecule has 8 heteroatoms. The van der Waals surface area contributed by atoms with Crippen LogP contribution in [0.15, 0.2) is 23.1 Å². The minimum atomic E-state index is -3.63. The molecular weight excluding hydrogens is 386 g/mol. The molecule has 1 aromatic rings. The van der Waals surface area contributed by atoms with E-state index in [1.54, 1.807) is 0 Å². The first-order valence-corrected chi connectivity index (χ1v) is 11.1. The van der Waals surface area contributed by atoms with E-state index < -0.39 is 10.0 Å². The first kappa shape index (κ1) is 22.1. The number of likely N-dealkylation sites (N-methyl/N-ethyl adjacent to an activating group) is 1. The summed E-state index contributed by atoms with van der Waals surface area (Å²) in [7, 11) is 3.38. The average Bonchev–Trinajstić information content (AvgIpc) is 2.86. The Bertz CT molecular complexity index is 770. The highest BCUT2D eigenvalue weighted by molar-refractivity contribution is 7.89. The van der Waals surface area contributed by atoms with Gasteiger partial charge in [0, 0.05) is 26.2 Å². The molecule has 6 nitrogen and oxygen atoms in total. The zero-order chi connectivity index (χ0) is 20.2. The van der Waals surface area contributed by atoms with Crippen molar-refractivity contribution in [1.82, 2.24) is 14.5 Å². The third kappa shape index (κ3) is 5.02. The van der Waals surface area contributed by atoms with Gasteiger partial charge in [-0.2, -0.15) is 0 Å². The van der Waals surface area contributed by atoms with Crippen molar-refractivity contribution in [3.8, 4) is 0 Å². The second-order valence-electron chi connectivity index (χ2n) is 7.64. The van der Waals surface area contributed by atoms with Gasteiger partial charge in [-0.3, -0.25) is 4.79 Å². The normalized spacial score (nSPS) is 17.7. The Hall–Kier alpha value is -1.15. The summed E-state index contributed by atoms with van der Waals surface area (Å²) in [5.41, 5.74) is 0.105. The molecule has 1 aliphatic carbocycles. The van der Waals surface area contributed by atoms with E-state index in [-0.39, 0.29) is 26.9 Å². The lowest BCUT2D eigenvalue weighted by molar-refractivity contribution is 0.0869. The molecule has 0 saturated heterocycles. The maximum absolute atomic E-state index is 12.8. The van der Waals surface area contributed by atoms with Gasteiger partial charge in [0.2, 0.25) is 10.0 Å². The van der Waals surface area contributed by atoms with Crippen LogP contribution in [0.25, 0.3) is 0 Å². The Labute approximate surface area is 167 Å². The van der Waals surface area contributed by atoms with Crippen LogP contribution in [-0.4, -0.2) is 63.8 Å². The highest BCUT2D eigenvalue weighted by Gasteiger charge is 2.33. The van der Waals surface area contributed by atoms with Gasteiger partial charge in [-0.25, -0.2) is 12.7 Å². The summed E-state index contributed by atoms with van der Waals surface area (Å²) >= 11 is 6.19. The number of halogens is 1. The molecule has 1 aliphatic rings. The van der Waals surface area contributed by atoms with Gasteiger partial charge in [-0.1, -0.05) is 37.3 Å². The predicted octanol–water partition coefficient (Wildman–Crippen LogP) is 2.97. The van der Waals surface area contributed by atoms with Crippen molar-refractivity contribution in [2.45, 2.75) is 49.0 Å². The number of hydrogen-bond acceptors (Lipinski definition) is 4. The van der Waals surface area contributed by atoms with E-state index in [1.807, 2.05) is 0 Å². The summed E-state index contributed by atoms with van der Waals surface area (Å²) in [4.78, 5) is 15.0. The minimum Gasteiger partial charge on any atom is -0.350 e. The molecule has 0 radical (unpaired) electrons. The molecule has 1 saturated carbocycles. The Balaban J connectivity index is 2.22. The van der Waals surface area contributed by atoms with Crippen LogP contribution >= 0.6 is 11.6 Å².